The maximum absolute atomic E-state index is 12.1. The van der Waals surface area contributed by atoms with Crippen molar-refractivity contribution in [1.82, 2.24) is 0 Å². The number of ether oxygens (including phenoxy) is 1. The summed E-state index contributed by atoms with van der Waals surface area (Å²) in [5.41, 5.74) is -0.0535. The topological polar surface area (TPSA) is 95.5 Å². The summed E-state index contributed by atoms with van der Waals surface area (Å²) in [7, 11) is -4.06. The minimum Gasteiger partial charge on any atom is -0.545 e. The fourth-order valence-corrected chi connectivity index (χ4v) is 2.77. The van der Waals surface area contributed by atoms with Crippen molar-refractivity contribution < 1.29 is 36.2 Å². The largest absolute Gasteiger partial charge is 0.573 e. The van der Waals surface area contributed by atoms with Gasteiger partial charge in [-0.1, -0.05) is 12.1 Å². The Labute approximate surface area is 134 Å². The molecule has 0 fully saturated rings. The Hall–Kier alpha value is -2.75. The van der Waals surface area contributed by atoms with E-state index in [0.717, 1.165) is 36.4 Å². The molecule has 0 radical (unpaired) electrons. The average molecular weight is 360 g/mol. The number of aromatic carboxylic acids is 1. The molecule has 0 saturated heterocycles. The minimum atomic E-state index is -4.88. The van der Waals surface area contributed by atoms with Crippen LogP contribution in [0.5, 0.6) is 5.75 Å². The summed E-state index contributed by atoms with van der Waals surface area (Å²) >= 11 is 0. The molecular weight excluding hydrogens is 351 g/mol. The van der Waals surface area contributed by atoms with Gasteiger partial charge in [0.25, 0.3) is 10.0 Å². The maximum atomic E-state index is 12.1. The molecule has 0 aliphatic heterocycles. The quantitative estimate of drug-likeness (QED) is 0.876. The standard InChI is InChI=1S/C14H10F3NO5S/c15-14(16,17)23-11-5-7-12(8-6-11)24(21,22)18-10-3-1-9(2-4-10)13(19)20/h1-8,18H,(H,19,20)/p-1. The lowest BCUT2D eigenvalue weighted by Gasteiger charge is -2.11. The second-order valence-electron chi connectivity index (χ2n) is 4.49. The number of halogens is 3. The molecule has 2 aromatic carbocycles. The highest BCUT2D eigenvalue weighted by Gasteiger charge is 2.31. The van der Waals surface area contributed by atoms with Gasteiger partial charge in [0.05, 0.1) is 10.9 Å². The summed E-state index contributed by atoms with van der Waals surface area (Å²) in [5, 5.41) is 10.6. The van der Waals surface area contributed by atoms with E-state index in [9.17, 15) is 31.5 Å². The molecule has 0 aliphatic carbocycles. The predicted molar refractivity (Wildman–Crippen MR) is 74.7 cm³/mol. The molecule has 24 heavy (non-hydrogen) atoms. The molecule has 0 amide bonds. The maximum Gasteiger partial charge on any atom is 0.573 e. The van der Waals surface area contributed by atoms with Crippen LogP contribution in [0, 0.1) is 0 Å². The van der Waals surface area contributed by atoms with Crippen LogP contribution >= 0.6 is 0 Å². The minimum absolute atomic E-state index is 0.0793. The number of alkyl halides is 3. The van der Waals surface area contributed by atoms with Gasteiger partial charge in [0.2, 0.25) is 0 Å². The highest BCUT2D eigenvalue weighted by molar-refractivity contribution is 7.92. The molecule has 2 aromatic rings. The molecule has 0 unspecified atom stereocenters. The van der Waals surface area contributed by atoms with E-state index in [1.807, 2.05) is 0 Å². The lowest BCUT2D eigenvalue weighted by Crippen LogP contribution is -2.22. The summed E-state index contributed by atoms with van der Waals surface area (Å²) in [6.07, 6.45) is -4.88. The number of rotatable bonds is 5. The Morgan fingerprint density at radius 1 is 1.00 bits per heavy atom. The van der Waals surface area contributed by atoms with Gasteiger partial charge in [-0.05, 0) is 42.0 Å². The van der Waals surface area contributed by atoms with E-state index in [0.29, 0.717) is 0 Å². The van der Waals surface area contributed by atoms with E-state index in [1.54, 1.807) is 0 Å². The lowest BCUT2D eigenvalue weighted by atomic mass is 10.2. The van der Waals surface area contributed by atoms with Gasteiger partial charge in [-0.3, -0.25) is 4.72 Å². The number of nitrogens with one attached hydrogen (secondary N) is 1. The van der Waals surface area contributed by atoms with Crippen LogP contribution in [0.25, 0.3) is 0 Å². The van der Waals surface area contributed by atoms with E-state index in [1.165, 1.54) is 12.1 Å². The van der Waals surface area contributed by atoms with E-state index >= 15 is 0 Å². The van der Waals surface area contributed by atoms with Gasteiger partial charge < -0.3 is 14.6 Å². The molecule has 2 rings (SSSR count). The first-order valence-corrected chi connectivity index (χ1v) is 7.75. The number of hydrogen-bond acceptors (Lipinski definition) is 5. The van der Waals surface area contributed by atoms with E-state index in [-0.39, 0.29) is 16.1 Å². The third kappa shape index (κ3) is 4.62. The molecule has 0 bridgehead atoms. The molecule has 6 nitrogen and oxygen atoms in total. The van der Waals surface area contributed by atoms with Crippen LogP contribution in [-0.4, -0.2) is 20.7 Å². The first-order valence-electron chi connectivity index (χ1n) is 6.27. The summed E-state index contributed by atoms with van der Waals surface area (Å²) in [4.78, 5) is 10.3. The smallest absolute Gasteiger partial charge is 0.545 e. The molecular formula is C14H9F3NO5S-. The van der Waals surface area contributed by atoms with Crippen LogP contribution in [0.1, 0.15) is 10.4 Å². The number of anilines is 1. The van der Waals surface area contributed by atoms with Crippen LogP contribution < -0.4 is 14.6 Å². The molecule has 0 aromatic heterocycles. The molecule has 1 N–H and O–H groups in total. The van der Waals surface area contributed by atoms with E-state index in [2.05, 4.69) is 9.46 Å². The predicted octanol–water partition coefficient (Wildman–Crippen LogP) is 1.75. The van der Waals surface area contributed by atoms with Crippen molar-refractivity contribution in [1.29, 1.82) is 0 Å². The molecule has 0 heterocycles. The fourth-order valence-electron chi connectivity index (χ4n) is 1.71. The van der Waals surface area contributed by atoms with Crippen molar-refractivity contribution >= 4 is 21.7 Å². The van der Waals surface area contributed by atoms with Crippen LogP contribution in [0.15, 0.2) is 53.4 Å². The van der Waals surface area contributed by atoms with Crippen molar-refractivity contribution in [2.24, 2.45) is 0 Å². The molecule has 0 saturated carbocycles. The molecule has 10 heteroatoms. The third-order valence-electron chi connectivity index (χ3n) is 2.74. The van der Waals surface area contributed by atoms with E-state index < -0.39 is 28.1 Å². The van der Waals surface area contributed by atoms with E-state index in [4.69, 9.17) is 0 Å². The van der Waals surface area contributed by atoms with Gasteiger partial charge in [-0.2, -0.15) is 0 Å². The van der Waals surface area contributed by atoms with Gasteiger partial charge in [0.1, 0.15) is 5.75 Å². The second-order valence-corrected chi connectivity index (χ2v) is 6.17. The Morgan fingerprint density at radius 3 is 2.00 bits per heavy atom. The Balaban J connectivity index is 2.16. The molecule has 0 aliphatic rings. The van der Waals surface area contributed by atoms with Crippen LogP contribution in [0.3, 0.4) is 0 Å². The number of carboxylic acid groups (broad SMARTS) is 1. The number of sulfonamides is 1. The zero-order valence-corrected chi connectivity index (χ0v) is 12.5. The highest BCUT2D eigenvalue weighted by Crippen LogP contribution is 2.24. The zero-order chi connectivity index (χ0) is 18.0. The second kappa shape index (κ2) is 6.40. The fraction of sp³-hybridized carbons (Fsp3) is 0.0714. The number of carboxylic acids is 1. The van der Waals surface area contributed by atoms with Crippen molar-refractivity contribution in [2.45, 2.75) is 11.3 Å². The normalized spacial score (nSPS) is 11.8. The van der Waals surface area contributed by atoms with Gasteiger partial charge in [-0.15, -0.1) is 13.2 Å². The van der Waals surface area contributed by atoms with Crippen LogP contribution in [0.2, 0.25) is 0 Å². The number of carbonyl (C=O) groups is 1. The monoisotopic (exact) mass is 360 g/mol. The number of carbonyl (C=O) groups excluding carboxylic acids is 1. The number of benzene rings is 2. The zero-order valence-electron chi connectivity index (χ0n) is 11.7. The molecule has 0 spiro atoms. The Bertz CT molecular complexity index is 830. The Kier molecular flexibility index (Phi) is 4.69. The Morgan fingerprint density at radius 2 is 1.54 bits per heavy atom. The van der Waals surface area contributed by atoms with Gasteiger partial charge in [-0.25, -0.2) is 8.42 Å². The summed E-state index contributed by atoms with van der Waals surface area (Å²) in [5.74, 6) is -1.97. The van der Waals surface area contributed by atoms with Gasteiger partial charge >= 0.3 is 6.36 Å². The van der Waals surface area contributed by atoms with Crippen LogP contribution in [0.4, 0.5) is 18.9 Å². The number of hydrogen-bond donors (Lipinski definition) is 1. The molecule has 128 valence electrons. The first kappa shape index (κ1) is 17.6. The van der Waals surface area contributed by atoms with Gasteiger partial charge in [0.15, 0.2) is 0 Å². The SMILES string of the molecule is O=C([O-])c1ccc(NS(=O)(=O)c2ccc(OC(F)(F)F)cc2)cc1. The van der Waals surface area contributed by atoms with Crippen molar-refractivity contribution in [3.05, 3.63) is 54.1 Å². The van der Waals surface area contributed by atoms with Gasteiger partial charge in [0, 0.05) is 5.69 Å². The first-order chi connectivity index (χ1) is 11.1. The van der Waals surface area contributed by atoms with Crippen molar-refractivity contribution in [3.63, 3.8) is 0 Å². The summed E-state index contributed by atoms with van der Waals surface area (Å²) < 4.78 is 66.2. The van der Waals surface area contributed by atoms with Crippen molar-refractivity contribution in [2.75, 3.05) is 4.72 Å². The summed E-state index contributed by atoms with van der Waals surface area (Å²) in [6, 6.07) is 8.33. The van der Waals surface area contributed by atoms with Crippen LogP contribution in [-0.2, 0) is 10.0 Å². The third-order valence-corrected chi connectivity index (χ3v) is 4.14. The molecule has 0 atom stereocenters. The summed E-state index contributed by atoms with van der Waals surface area (Å²) in [6.45, 7) is 0. The average Bonchev–Trinajstić information content (AvgIpc) is 2.46. The highest BCUT2D eigenvalue weighted by atomic mass is 32.2. The van der Waals surface area contributed by atoms with Crippen molar-refractivity contribution in [3.8, 4) is 5.75 Å². The lowest BCUT2D eigenvalue weighted by molar-refractivity contribution is -0.274.